The van der Waals surface area contributed by atoms with Gasteiger partial charge >= 0.3 is 0 Å². The van der Waals surface area contributed by atoms with E-state index in [1.807, 2.05) is 36.4 Å². The van der Waals surface area contributed by atoms with Crippen LogP contribution in [-0.2, 0) is 5.41 Å². The van der Waals surface area contributed by atoms with Crippen molar-refractivity contribution in [2.75, 3.05) is 0 Å². The van der Waals surface area contributed by atoms with Gasteiger partial charge in [0.25, 0.3) is 0 Å². The van der Waals surface area contributed by atoms with E-state index < -0.39 is 0 Å². The molecule has 0 amide bonds. The molecular weight excluding hydrogens is 703 g/mol. The molecule has 13 rings (SSSR count). The van der Waals surface area contributed by atoms with Gasteiger partial charge in [0.15, 0.2) is 17.5 Å². The quantitative estimate of drug-likeness (QED) is 0.170. The lowest BCUT2D eigenvalue weighted by Crippen LogP contribution is -2.55. The Morgan fingerprint density at radius 2 is 0.741 bits per heavy atom. The van der Waals surface area contributed by atoms with Gasteiger partial charge in [-0.05, 0) is 142 Å². The summed E-state index contributed by atoms with van der Waals surface area (Å²) in [4.78, 5) is 15.5. The van der Waals surface area contributed by atoms with Gasteiger partial charge in [0.1, 0.15) is 0 Å². The van der Waals surface area contributed by atoms with Crippen LogP contribution in [0, 0.1) is 23.7 Å². The van der Waals surface area contributed by atoms with Crippen LogP contribution in [0.4, 0.5) is 0 Å². The van der Waals surface area contributed by atoms with Crippen LogP contribution >= 0.6 is 0 Å². The summed E-state index contributed by atoms with van der Waals surface area (Å²) in [5.41, 5.74) is 16.2. The summed E-state index contributed by atoms with van der Waals surface area (Å²) in [7, 11) is 0. The fourth-order valence-electron chi connectivity index (χ4n) is 11.9. The minimum absolute atomic E-state index is 0.100. The summed E-state index contributed by atoms with van der Waals surface area (Å²) in [6, 6.07) is 63.9. The topological polar surface area (TPSA) is 38.7 Å². The lowest BCUT2D eigenvalue weighted by Gasteiger charge is -2.61. The first-order chi connectivity index (χ1) is 28.7. The van der Waals surface area contributed by atoms with Crippen LogP contribution < -0.4 is 0 Å². The molecule has 0 N–H and O–H groups in total. The number of hydrogen-bond acceptors (Lipinski definition) is 3. The van der Waals surface area contributed by atoms with Gasteiger partial charge in [-0.2, -0.15) is 0 Å². The van der Waals surface area contributed by atoms with Crippen molar-refractivity contribution in [2.45, 2.75) is 37.5 Å². The van der Waals surface area contributed by atoms with E-state index in [-0.39, 0.29) is 5.41 Å². The van der Waals surface area contributed by atoms with Crippen molar-refractivity contribution in [3.8, 4) is 78.7 Å². The Bertz CT molecular complexity index is 2760. The van der Waals surface area contributed by atoms with Gasteiger partial charge in [0, 0.05) is 22.1 Å². The molecule has 278 valence electrons. The van der Waals surface area contributed by atoms with Gasteiger partial charge < -0.3 is 0 Å². The third-order valence-electron chi connectivity index (χ3n) is 14.1. The Labute approximate surface area is 340 Å². The van der Waals surface area contributed by atoms with E-state index in [1.54, 1.807) is 11.1 Å². The second kappa shape index (κ2) is 13.3. The Morgan fingerprint density at radius 1 is 0.310 bits per heavy atom. The molecule has 0 atom stereocenters. The van der Waals surface area contributed by atoms with Gasteiger partial charge in [-0.3, -0.25) is 0 Å². The maximum Gasteiger partial charge on any atom is 0.164 e. The number of benzene rings is 7. The zero-order valence-electron chi connectivity index (χ0n) is 32.4. The SMILES string of the molecule is c1ccc(-c2cccc(-c3cc(-c4ccc5c(c4)C4(c6ccccc6-5)C5CC6CC(C5)CC4C6)cc(-c4nc(-c5ccccc5)nc(-c5ccccc5)n4)c3)c2)cc1. The van der Waals surface area contributed by atoms with Gasteiger partial charge in [0.2, 0.25) is 0 Å². The lowest BCUT2D eigenvalue weighted by molar-refractivity contribution is -0.0399. The molecule has 4 bridgehead atoms. The van der Waals surface area contributed by atoms with Crippen LogP contribution in [0.15, 0.2) is 176 Å². The molecule has 8 aromatic rings. The zero-order valence-corrected chi connectivity index (χ0v) is 32.4. The molecule has 4 saturated carbocycles. The smallest absolute Gasteiger partial charge is 0.164 e. The average Bonchev–Trinajstić information content (AvgIpc) is 3.58. The van der Waals surface area contributed by atoms with Crippen molar-refractivity contribution in [3.05, 3.63) is 187 Å². The number of hydrogen-bond donors (Lipinski definition) is 0. The molecule has 3 nitrogen and oxygen atoms in total. The molecule has 4 fully saturated rings. The monoisotopic (exact) mass is 745 g/mol. The molecule has 5 aliphatic rings. The van der Waals surface area contributed by atoms with Crippen molar-refractivity contribution in [2.24, 2.45) is 23.7 Å². The molecule has 0 radical (unpaired) electrons. The third-order valence-corrected chi connectivity index (χ3v) is 14.1. The zero-order chi connectivity index (χ0) is 38.2. The van der Waals surface area contributed by atoms with Crippen molar-refractivity contribution in [3.63, 3.8) is 0 Å². The van der Waals surface area contributed by atoms with E-state index in [2.05, 4.69) is 140 Å². The lowest BCUT2D eigenvalue weighted by atomic mass is 9.43. The van der Waals surface area contributed by atoms with Crippen LogP contribution in [0.25, 0.3) is 78.7 Å². The van der Waals surface area contributed by atoms with E-state index >= 15 is 0 Å². The molecule has 5 aliphatic carbocycles. The van der Waals surface area contributed by atoms with Crippen molar-refractivity contribution >= 4 is 0 Å². The highest BCUT2D eigenvalue weighted by atomic mass is 15.0. The standard InChI is InChI=1S/C55H43N3/c1-4-13-37(14-5-1)40-19-12-20-41(30-40)43-31-44(33-45(32-43)54-57-52(38-15-6-2-7-16-38)56-53(58-54)39-17-8-3-9-18-39)42-23-24-49-48-21-10-11-22-50(48)55(51(49)34-42)46-26-35-25-36(28-46)29-47(55)27-35/h1-24,30-36,46-47H,25-29H2. The summed E-state index contributed by atoms with van der Waals surface area (Å²) in [5.74, 6) is 5.23. The normalized spacial score (nSPS) is 22.2. The molecule has 1 heterocycles. The highest BCUT2D eigenvalue weighted by molar-refractivity contribution is 5.87. The van der Waals surface area contributed by atoms with Crippen LogP contribution in [-0.4, -0.2) is 15.0 Å². The minimum atomic E-state index is 0.100. The first kappa shape index (κ1) is 33.7. The summed E-state index contributed by atoms with van der Waals surface area (Å²) < 4.78 is 0. The predicted molar refractivity (Wildman–Crippen MR) is 236 cm³/mol. The largest absolute Gasteiger partial charge is 0.208 e. The molecule has 3 heteroatoms. The number of rotatable bonds is 6. The van der Waals surface area contributed by atoms with E-state index in [4.69, 9.17) is 15.0 Å². The van der Waals surface area contributed by atoms with E-state index in [0.717, 1.165) is 39.7 Å². The number of nitrogens with zero attached hydrogens (tertiary/aromatic N) is 3. The van der Waals surface area contributed by atoms with Crippen LogP contribution in [0.5, 0.6) is 0 Å². The van der Waals surface area contributed by atoms with Gasteiger partial charge in [0.05, 0.1) is 0 Å². The second-order valence-corrected chi connectivity index (χ2v) is 17.3. The second-order valence-electron chi connectivity index (χ2n) is 17.3. The van der Waals surface area contributed by atoms with E-state index in [1.165, 1.54) is 65.5 Å². The van der Waals surface area contributed by atoms with Gasteiger partial charge in [-0.25, -0.2) is 15.0 Å². The Kier molecular flexibility index (Phi) is 7.73. The van der Waals surface area contributed by atoms with Crippen LogP contribution in [0.3, 0.4) is 0 Å². The molecule has 1 spiro atoms. The molecule has 0 aliphatic heterocycles. The maximum atomic E-state index is 5.21. The Morgan fingerprint density at radius 3 is 1.34 bits per heavy atom. The molecule has 1 aromatic heterocycles. The molecule has 58 heavy (non-hydrogen) atoms. The summed E-state index contributed by atoms with van der Waals surface area (Å²) >= 11 is 0. The third kappa shape index (κ3) is 5.36. The summed E-state index contributed by atoms with van der Waals surface area (Å²) in [6.07, 6.45) is 6.93. The first-order valence-corrected chi connectivity index (χ1v) is 21.1. The highest BCUT2D eigenvalue weighted by Gasteiger charge is 2.61. The van der Waals surface area contributed by atoms with Crippen molar-refractivity contribution < 1.29 is 0 Å². The fraction of sp³-hybridized carbons (Fsp3) is 0.182. The van der Waals surface area contributed by atoms with Crippen LogP contribution in [0.1, 0.15) is 43.2 Å². The molecule has 0 unspecified atom stereocenters. The minimum Gasteiger partial charge on any atom is -0.208 e. The average molecular weight is 746 g/mol. The Balaban J connectivity index is 1.07. The maximum absolute atomic E-state index is 5.21. The summed E-state index contributed by atoms with van der Waals surface area (Å²) in [5, 5.41) is 0. The number of aromatic nitrogens is 3. The molecular formula is C55H43N3. The summed E-state index contributed by atoms with van der Waals surface area (Å²) in [6.45, 7) is 0. The van der Waals surface area contributed by atoms with E-state index in [9.17, 15) is 0 Å². The Hall–Kier alpha value is -6.45. The van der Waals surface area contributed by atoms with Crippen LogP contribution in [0.2, 0.25) is 0 Å². The van der Waals surface area contributed by atoms with Crippen molar-refractivity contribution in [1.82, 2.24) is 15.0 Å². The van der Waals surface area contributed by atoms with E-state index in [0.29, 0.717) is 29.3 Å². The fourth-order valence-corrected chi connectivity index (χ4v) is 11.9. The first-order valence-electron chi connectivity index (χ1n) is 21.1. The molecule has 0 saturated heterocycles. The van der Waals surface area contributed by atoms with Gasteiger partial charge in [-0.15, -0.1) is 0 Å². The van der Waals surface area contributed by atoms with Gasteiger partial charge in [-0.1, -0.05) is 146 Å². The van der Waals surface area contributed by atoms with Crippen molar-refractivity contribution in [1.29, 1.82) is 0 Å². The number of fused-ring (bicyclic) bond motifs is 3. The predicted octanol–water partition coefficient (Wildman–Crippen LogP) is 13.6. The molecule has 7 aromatic carbocycles. The highest BCUT2D eigenvalue weighted by Crippen LogP contribution is 2.69.